The van der Waals surface area contributed by atoms with Crippen LogP contribution in [-0.4, -0.2) is 61.9 Å². The van der Waals surface area contributed by atoms with Gasteiger partial charge in [0.05, 0.1) is 17.8 Å². The van der Waals surface area contributed by atoms with E-state index in [2.05, 4.69) is 45.9 Å². The van der Waals surface area contributed by atoms with E-state index in [9.17, 15) is 9.90 Å². The average molecular weight is 558 g/mol. The third-order valence-electron chi connectivity index (χ3n) is 8.55. The lowest BCUT2D eigenvalue weighted by Gasteiger charge is -2.35. The lowest BCUT2D eigenvalue weighted by Crippen LogP contribution is -2.40. The number of hydrogen-bond donors (Lipinski definition) is 4. The zero-order valence-corrected chi connectivity index (χ0v) is 24.4. The number of H-pyrrole nitrogens is 1. The number of aromatic nitrogens is 3. The van der Waals surface area contributed by atoms with E-state index in [-0.39, 0.29) is 24.0 Å². The Hall–Kier alpha value is -3.56. The number of allylic oxidation sites excluding steroid dienone is 3. The number of hydrogen-bond acceptors (Lipinski definition) is 6. The van der Waals surface area contributed by atoms with Gasteiger partial charge >= 0.3 is 0 Å². The van der Waals surface area contributed by atoms with E-state index in [0.717, 1.165) is 42.0 Å². The molecule has 1 amide bonds. The Bertz CT molecular complexity index is 1330. The van der Waals surface area contributed by atoms with Crippen molar-refractivity contribution in [2.45, 2.75) is 77.5 Å². The number of β-amino-alcohol motifs (C(OH)–C–C–N with tert-alkyl or cyclic N) is 1. The molecule has 2 aromatic rings. The van der Waals surface area contributed by atoms with Crippen LogP contribution in [0.15, 0.2) is 59.9 Å². The molecule has 9 heteroatoms. The minimum atomic E-state index is -0.336. The maximum Gasteiger partial charge on any atom is 0.252 e. The van der Waals surface area contributed by atoms with Crippen LogP contribution in [0, 0.1) is 11.8 Å². The van der Waals surface area contributed by atoms with Crippen LogP contribution >= 0.6 is 0 Å². The molecule has 2 bridgehead atoms. The van der Waals surface area contributed by atoms with Gasteiger partial charge in [-0.3, -0.25) is 14.7 Å². The summed E-state index contributed by atoms with van der Waals surface area (Å²) in [5.41, 5.74) is 3.46. The largest absolute Gasteiger partial charge is 0.392 e. The van der Waals surface area contributed by atoms with Gasteiger partial charge in [-0.2, -0.15) is 0 Å². The molecule has 3 heterocycles. The van der Waals surface area contributed by atoms with Crippen LogP contribution in [0.4, 0.5) is 5.82 Å². The van der Waals surface area contributed by atoms with Gasteiger partial charge in [-0.1, -0.05) is 45.1 Å². The summed E-state index contributed by atoms with van der Waals surface area (Å²) in [6.07, 6.45) is 12.7. The first-order chi connectivity index (χ1) is 19.9. The van der Waals surface area contributed by atoms with Gasteiger partial charge in [0.25, 0.3) is 5.91 Å². The number of amides is 1. The van der Waals surface area contributed by atoms with E-state index < -0.39 is 0 Å². The molecule has 3 aliphatic rings. The summed E-state index contributed by atoms with van der Waals surface area (Å²) in [4.78, 5) is 33.4. The Kier molecular flexibility index (Phi) is 9.15. The quantitative estimate of drug-likeness (QED) is 0.229. The zero-order valence-electron chi connectivity index (χ0n) is 24.4. The Morgan fingerprint density at radius 1 is 1.32 bits per heavy atom. The first-order valence-corrected chi connectivity index (χ1v) is 15.0. The number of pyridine rings is 1. The number of nitrogens with zero attached hydrogens (tertiary/aromatic N) is 4. The van der Waals surface area contributed by atoms with Crippen LogP contribution in [0.5, 0.6) is 0 Å². The summed E-state index contributed by atoms with van der Waals surface area (Å²) in [6, 6.07) is 6.08. The average Bonchev–Trinajstić information content (AvgIpc) is 3.69. The van der Waals surface area contributed by atoms with Crippen molar-refractivity contribution in [3.05, 3.63) is 72.1 Å². The van der Waals surface area contributed by atoms with Crippen LogP contribution in [0.25, 0.3) is 5.57 Å². The number of likely N-dealkylation sites (tertiary alicyclic amines) is 1. The van der Waals surface area contributed by atoms with Gasteiger partial charge in [0.15, 0.2) is 5.84 Å². The van der Waals surface area contributed by atoms with E-state index in [4.69, 9.17) is 9.98 Å². The fourth-order valence-electron chi connectivity index (χ4n) is 6.73. The number of nitrogens with one attached hydrogen (secondary N) is 3. The molecule has 4 unspecified atom stereocenters. The maximum atomic E-state index is 13.0. The van der Waals surface area contributed by atoms with Gasteiger partial charge in [-0.15, -0.1) is 0 Å². The molecule has 0 radical (unpaired) electrons. The van der Waals surface area contributed by atoms with Crippen molar-refractivity contribution in [2.75, 3.05) is 18.4 Å². The molecule has 0 spiro atoms. The number of piperidine rings is 1. The van der Waals surface area contributed by atoms with Crippen molar-refractivity contribution in [1.29, 1.82) is 0 Å². The summed E-state index contributed by atoms with van der Waals surface area (Å²) >= 11 is 0. The van der Waals surface area contributed by atoms with Crippen LogP contribution in [0.2, 0.25) is 0 Å². The molecule has 2 fully saturated rings. The molecule has 4 N–H and O–H groups in total. The van der Waals surface area contributed by atoms with E-state index in [1.807, 2.05) is 31.2 Å². The van der Waals surface area contributed by atoms with Gasteiger partial charge in [0.2, 0.25) is 0 Å². The third kappa shape index (κ3) is 6.21. The molecule has 218 valence electrons. The summed E-state index contributed by atoms with van der Waals surface area (Å²) in [5, 5.41) is 16.8. The first-order valence-electron chi connectivity index (χ1n) is 15.0. The highest BCUT2D eigenvalue weighted by molar-refractivity contribution is 6.05. The Labute approximate surface area is 243 Å². The topological polar surface area (TPSA) is 119 Å². The van der Waals surface area contributed by atoms with E-state index in [0.29, 0.717) is 48.7 Å². The number of fused-ring (bicyclic) bond motifs is 2. The molecule has 41 heavy (non-hydrogen) atoms. The molecule has 0 aromatic carbocycles. The first kappa shape index (κ1) is 29.0. The fraction of sp³-hybridized carbons (Fsp3) is 0.500. The number of aliphatic hydroxyl groups excluding tert-OH is 1. The SMILES string of the molecule is C=CNC(=NCC)c1[nH]c([C@@H]2C3CCC(C3)N2CC(O)CCC)nc1C1=CC=C(C(=O)Nc2ccccn2)CC1C. The minimum absolute atomic E-state index is 0.0634. The van der Waals surface area contributed by atoms with Crippen LogP contribution in [0.3, 0.4) is 0 Å². The molecule has 1 saturated heterocycles. The number of aromatic amines is 1. The van der Waals surface area contributed by atoms with E-state index >= 15 is 0 Å². The number of imidazole rings is 1. The summed E-state index contributed by atoms with van der Waals surface area (Å²) in [6.45, 7) is 11.4. The van der Waals surface area contributed by atoms with Crippen molar-refractivity contribution in [1.82, 2.24) is 25.2 Å². The standard InChI is InChI=1S/C32H43N7O2/c1-5-10-24(40)19-39-23-14-12-21(18-23)29(39)31-37-27(28(38-31)30(33-6-2)34-7-3)25-15-13-22(17-20(25)4)32(41)36-26-11-8-9-16-35-26/h6,8-9,11,13,15-16,20-21,23-24,29,40H,2,5,7,10,12,14,17-19H2,1,3-4H3,(H,33,34)(H,37,38)(H,35,36,41)/t20?,21?,23?,24?,29-/m0/s1. The second-order valence-corrected chi connectivity index (χ2v) is 11.4. The van der Waals surface area contributed by atoms with Crippen molar-refractivity contribution in [3.63, 3.8) is 0 Å². The number of aliphatic hydroxyl groups is 1. The maximum absolute atomic E-state index is 13.0. The van der Waals surface area contributed by atoms with Gasteiger partial charge in [-0.05, 0) is 74.8 Å². The summed E-state index contributed by atoms with van der Waals surface area (Å²) in [7, 11) is 0. The normalized spacial score (nSPS) is 25.0. The van der Waals surface area contributed by atoms with E-state index in [1.54, 1.807) is 18.5 Å². The van der Waals surface area contributed by atoms with Crippen molar-refractivity contribution < 1.29 is 9.90 Å². The van der Waals surface area contributed by atoms with Crippen LogP contribution in [0.1, 0.15) is 82.6 Å². The van der Waals surface area contributed by atoms with Gasteiger partial charge in [0, 0.05) is 30.9 Å². The van der Waals surface area contributed by atoms with Gasteiger partial charge < -0.3 is 20.7 Å². The second-order valence-electron chi connectivity index (χ2n) is 11.4. The highest BCUT2D eigenvalue weighted by Crippen LogP contribution is 2.50. The molecule has 5 atom stereocenters. The number of carbonyl (C=O) groups excluding carboxylic acids is 1. The number of anilines is 1. The van der Waals surface area contributed by atoms with Crippen molar-refractivity contribution in [3.8, 4) is 0 Å². The lowest BCUT2D eigenvalue weighted by atomic mass is 9.85. The summed E-state index contributed by atoms with van der Waals surface area (Å²) in [5.74, 6) is 2.60. The van der Waals surface area contributed by atoms with Crippen LogP contribution in [-0.2, 0) is 4.79 Å². The van der Waals surface area contributed by atoms with Crippen LogP contribution < -0.4 is 10.6 Å². The summed E-state index contributed by atoms with van der Waals surface area (Å²) < 4.78 is 0. The fourth-order valence-corrected chi connectivity index (χ4v) is 6.73. The highest BCUT2D eigenvalue weighted by Gasteiger charge is 2.48. The molecule has 5 rings (SSSR count). The molecule has 2 aromatic heterocycles. The smallest absolute Gasteiger partial charge is 0.252 e. The molecular formula is C32H43N7O2. The van der Waals surface area contributed by atoms with Crippen molar-refractivity contribution in [2.24, 2.45) is 16.8 Å². The molecule has 9 nitrogen and oxygen atoms in total. The molecular weight excluding hydrogens is 514 g/mol. The molecule has 1 aliphatic heterocycles. The molecule has 2 aliphatic carbocycles. The monoisotopic (exact) mass is 557 g/mol. The Morgan fingerprint density at radius 3 is 2.88 bits per heavy atom. The second kappa shape index (κ2) is 13.0. The number of aliphatic imine (C=N–C) groups is 1. The highest BCUT2D eigenvalue weighted by atomic mass is 16.3. The van der Waals surface area contributed by atoms with E-state index in [1.165, 1.54) is 12.8 Å². The minimum Gasteiger partial charge on any atom is -0.392 e. The third-order valence-corrected chi connectivity index (χ3v) is 8.55. The Balaban J connectivity index is 1.50. The Morgan fingerprint density at radius 2 is 2.17 bits per heavy atom. The predicted molar refractivity (Wildman–Crippen MR) is 163 cm³/mol. The van der Waals surface area contributed by atoms with Gasteiger partial charge in [-0.25, -0.2) is 9.97 Å². The molecule has 1 saturated carbocycles. The number of amidine groups is 1. The number of carbonyl (C=O) groups is 1. The lowest BCUT2D eigenvalue weighted by molar-refractivity contribution is -0.113. The number of rotatable bonds is 11. The zero-order chi connectivity index (χ0) is 28.9. The van der Waals surface area contributed by atoms with Crippen molar-refractivity contribution >= 4 is 23.1 Å². The van der Waals surface area contributed by atoms with Gasteiger partial charge in [0.1, 0.15) is 17.3 Å². The predicted octanol–water partition coefficient (Wildman–Crippen LogP) is 4.98.